The van der Waals surface area contributed by atoms with Crippen molar-refractivity contribution in [2.75, 3.05) is 7.11 Å². The van der Waals surface area contributed by atoms with Gasteiger partial charge in [0.1, 0.15) is 17.2 Å². The van der Waals surface area contributed by atoms with Crippen molar-refractivity contribution in [2.24, 2.45) is 0 Å². The van der Waals surface area contributed by atoms with Crippen molar-refractivity contribution in [1.29, 1.82) is 0 Å². The monoisotopic (exact) mass is 244 g/mol. The molecule has 1 N–H and O–H groups in total. The molecule has 0 radical (unpaired) electrons. The van der Waals surface area contributed by atoms with Crippen molar-refractivity contribution in [3.8, 4) is 17.2 Å². The average Bonchev–Trinajstić information content (AvgIpc) is 2.39. The second-order valence-electron chi connectivity index (χ2n) is 3.99. The summed E-state index contributed by atoms with van der Waals surface area (Å²) in [6, 6.07) is 14.8. The summed E-state index contributed by atoms with van der Waals surface area (Å²) in [5, 5.41) is 9.68. The lowest BCUT2D eigenvalue weighted by molar-refractivity contribution is 0.195. The molecule has 94 valence electrons. The molecule has 0 aliphatic rings. The maximum absolute atomic E-state index is 9.68. The van der Waals surface area contributed by atoms with Crippen LogP contribution in [0.25, 0.3) is 0 Å². The summed E-state index contributed by atoms with van der Waals surface area (Å²) in [4.78, 5) is 0. The van der Waals surface area contributed by atoms with Crippen LogP contribution >= 0.6 is 0 Å². The fourth-order valence-corrected chi connectivity index (χ4v) is 1.71. The predicted molar refractivity (Wildman–Crippen MR) is 70.1 cm³/mol. The molecule has 3 nitrogen and oxygen atoms in total. The van der Waals surface area contributed by atoms with Crippen molar-refractivity contribution in [3.05, 3.63) is 54.1 Å². The van der Waals surface area contributed by atoms with Gasteiger partial charge in [-0.15, -0.1) is 0 Å². The summed E-state index contributed by atoms with van der Waals surface area (Å²) < 4.78 is 10.9. The molecule has 2 rings (SSSR count). The molecule has 2 aromatic rings. The standard InChI is InChI=1S/C15H16O3/c1-11(16)14-8-3-4-9-15(14)18-13-7-5-6-12(10-13)17-2/h3-11,16H,1-2H3/t11-/m0/s1. The number of para-hydroxylation sites is 1. The summed E-state index contributed by atoms with van der Waals surface area (Å²) in [5.41, 5.74) is 0.764. The zero-order valence-electron chi connectivity index (χ0n) is 10.5. The first-order valence-electron chi connectivity index (χ1n) is 5.79. The van der Waals surface area contributed by atoms with Gasteiger partial charge in [-0.2, -0.15) is 0 Å². The van der Waals surface area contributed by atoms with Crippen molar-refractivity contribution in [2.45, 2.75) is 13.0 Å². The average molecular weight is 244 g/mol. The van der Waals surface area contributed by atoms with E-state index in [1.807, 2.05) is 42.5 Å². The van der Waals surface area contributed by atoms with Crippen molar-refractivity contribution in [3.63, 3.8) is 0 Å². The van der Waals surface area contributed by atoms with E-state index in [2.05, 4.69) is 0 Å². The second kappa shape index (κ2) is 5.56. The first kappa shape index (κ1) is 12.5. The minimum atomic E-state index is -0.563. The van der Waals surface area contributed by atoms with E-state index in [4.69, 9.17) is 9.47 Å². The number of rotatable bonds is 4. The number of methoxy groups -OCH3 is 1. The normalized spacial score (nSPS) is 11.9. The van der Waals surface area contributed by atoms with Crippen LogP contribution in [0.2, 0.25) is 0 Å². The van der Waals surface area contributed by atoms with Gasteiger partial charge in [0.15, 0.2) is 0 Å². The number of hydrogen-bond acceptors (Lipinski definition) is 3. The van der Waals surface area contributed by atoms with Gasteiger partial charge in [0.05, 0.1) is 13.2 Å². The van der Waals surface area contributed by atoms with Crippen LogP contribution in [0.15, 0.2) is 48.5 Å². The molecule has 0 heterocycles. The molecule has 2 aromatic carbocycles. The fourth-order valence-electron chi connectivity index (χ4n) is 1.71. The van der Waals surface area contributed by atoms with Crippen molar-refractivity contribution in [1.82, 2.24) is 0 Å². The molecule has 1 atom stereocenters. The number of ether oxygens (including phenoxy) is 2. The summed E-state index contributed by atoms with van der Waals surface area (Å²) in [6.07, 6.45) is -0.563. The Balaban J connectivity index is 2.28. The van der Waals surface area contributed by atoms with Gasteiger partial charge in [-0.1, -0.05) is 24.3 Å². The van der Waals surface area contributed by atoms with Crippen LogP contribution in [0.4, 0.5) is 0 Å². The topological polar surface area (TPSA) is 38.7 Å². The van der Waals surface area contributed by atoms with Crippen LogP contribution in [0.3, 0.4) is 0 Å². The lowest BCUT2D eigenvalue weighted by Gasteiger charge is -2.13. The number of benzene rings is 2. The van der Waals surface area contributed by atoms with Gasteiger partial charge in [-0.05, 0) is 25.1 Å². The Morgan fingerprint density at radius 1 is 1.00 bits per heavy atom. The molecule has 0 fully saturated rings. The second-order valence-corrected chi connectivity index (χ2v) is 3.99. The van der Waals surface area contributed by atoms with Gasteiger partial charge in [-0.25, -0.2) is 0 Å². The largest absolute Gasteiger partial charge is 0.497 e. The summed E-state index contributed by atoms with van der Waals surface area (Å²) in [6.45, 7) is 1.72. The summed E-state index contributed by atoms with van der Waals surface area (Å²) in [7, 11) is 1.61. The highest BCUT2D eigenvalue weighted by Gasteiger charge is 2.09. The van der Waals surface area contributed by atoms with Gasteiger partial charge >= 0.3 is 0 Å². The molecule has 0 saturated heterocycles. The number of hydrogen-bond donors (Lipinski definition) is 1. The summed E-state index contributed by atoms with van der Waals surface area (Å²) >= 11 is 0. The highest BCUT2D eigenvalue weighted by molar-refractivity contribution is 5.41. The highest BCUT2D eigenvalue weighted by atomic mass is 16.5. The molecule has 0 saturated carbocycles. The van der Waals surface area contributed by atoms with Gasteiger partial charge in [0.2, 0.25) is 0 Å². The quantitative estimate of drug-likeness (QED) is 0.894. The number of aliphatic hydroxyl groups excluding tert-OH is 1. The van der Waals surface area contributed by atoms with E-state index in [1.165, 1.54) is 0 Å². The zero-order valence-corrected chi connectivity index (χ0v) is 10.5. The third kappa shape index (κ3) is 2.81. The third-order valence-electron chi connectivity index (χ3n) is 2.64. The highest BCUT2D eigenvalue weighted by Crippen LogP contribution is 2.30. The summed E-state index contributed by atoms with van der Waals surface area (Å²) in [5.74, 6) is 2.07. The Kier molecular flexibility index (Phi) is 3.85. The maximum atomic E-state index is 9.68. The van der Waals surface area contributed by atoms with Gasteiger partial charge in [0, 0.05) is 11.6 Å². The lowest BCUT2D eigenvalue weighted by atomic mass is 10.1. The van der Waals surface area contributed by atoms with E-state index in [1.54, 1.807) is 20.1 Å². The van der Waals surface area contributed by atoms with Gasteiger partial charge in [0.25, 0.3) is 0 Å². The van der Waals surface area contributed by atoms with E-state index in [-0.39, 0.29) is 0 Å². The molecule has 0 unspecified atom stereocenters. The SMILES string of the molecule is COc1cccc(Oc2ccccc2[C@H](C)O)c1. The Hall–Kier alpha value is -2.00. The molecular weight excluding hydrogens is 228 g/mol. The van der Waals surface area contributed by atoms with E-state index in [0.717, 1.165) is 11.3 Å². The Bertz CT molecular complexity index is 521. The Morgan fingerprint density at radius 3 is 2.44 bits per heavy atom. The van der Waals surface area contributed by atoms with Gasteiger partial charge in [-0.3, -0.25) is 0 Å². The first-order valence-corrected chi connectivity index (χ1v) is 5.79. The minimum absolute atomic E-state index is 0.563. The number of aliphatic hydroxyl groups is 1. The molecular formula is C15H16O3. The Labute approximate surface area is 107 Å². The Morgan fingerprint density at radius 2 is 1.72 bits per heavy atom. The van der Waals surface area contributed by atoms with Crippen LogP contribution in [-0.2, 0) is 0 Å². The molecule has 0 amide bonds. The van der Waals surface area contributed by atoms with Gasteiger partial charge < -0.3 is 14.6 Å². The molecule has 3 heteroatoms. The smallest absolute Gasteiger partial charge is 0.133 e. The molecule has 0 spiro atoms. The van der Waals surface area contributed by atoms with Crippen LogP contribution < -0.4 is 9.47 Å². The fraction of sp³-hybridized carbons (Fsp3) is 0.200. The van der Waals surface area contributed by atoms with Crippen LogP contribution in [-0.4, -0.2) is 12.2 Å². The molecule has 18 heavy (non-hydrogen) atoms. The zero-order chi connectivity index (χ0) is 13.0. The third-order valence-corrected chi connectivity index (χ3v) is 2.64. The van der Waals surface area contributed by atoms with Crippen LogP contribution in [0.1, 0.15) is 18.6 Å². The molecule has 0 aliphatic heterocycles. The predicted octanol–water partition coefficient (Wildman–Crippen LogP) is 3.54. The van der Waals surface area contributed by atoms with E-state index in [0.29, 0.717) is 11.5 Å². The molecule has 0 bridgehead atoms. The van der Waals surface area contributed by atoms with Crippen LogP contribution in [0, 0.1) is 0 Å². The maximum Gasteiger partial charge on any atom is 0.133 e. The van der Waals surface area contributed by atoms with Crippen molar-refractivity contribution >= 4 is 0 Å². The van der Waals surface area contributed by atoms with E-state index >= 15 is 0 Å². The lowest BCUT2D eigenvalue weighted by Crippen LogP contribution is -1.95. The van der Waals surface area contributed by atoms with E-state index in [9.17, 15) is 5.11 Å². The molecule has 0 aliphatic carbocycles. The van der Waals surface area contributed by atoms with Crippen molar-refractivity contribution < 1.29 is 14.6 Å². The first-order chi connectivity index (χ1) is 8.70. The minimum Gasteiger partial charge on any atom is -0.497 e. The van der Waals surface area contributed by atoms with Crippen LogP contribution in [0.5, 0.6) is 17.2 Å². The van der Waals surface area contributed by atoms with E-state index < -0.39 is 6.10 Å². The molecule has 0 aromatic heterocycles.